The Kier molecular flexibility index (Phi) is 7.25. The first kappa shape index (κ1) is 19.4. The summed E-state index contributed by atoms with van der Waals surface area (Å²) in [6.45, 7) is 9.23. The Morgan fingerprint density at radius 2 is 1.63 bits per heavy atom. The topological polar surface area (TPSA) is 47.2 Å². The fraction of sp³-hybridized carbons (Fsp3) is 0.409. The Labute approximate surface area is 161 Å². The van der Waals surface area contributed by atoms with Crippen LogP contribution in [0.15, 0.2) is 54.6 Å². The lowest BCUT2D eigenvalue weighted by Crippen LogP contribution is -3.27. The Balaban J connectivity index is 1.35. The van der Waals surface area contributed by atoms with Crippen LogP contribution in [-0.2, 0) is 11.3 Å². The third-order valence-corrected chi connectivity index (χ3v) is 5.12. The summed E-state index contributed by atoms with van der Waals surface area (Å²) in [7, 11) is 0. The molecule has 0 atom stereocenters. The minimum absolute atomic E-state index is 0.0886. The number of quaternary nitrogens is 2. The van der Waals surface area contributed by atoms with Crippen molar-refractivity contribution in [2.24, 2.45) is 0 Å². The van der Waals surface area contributed by atoms with Crippen molar-refractivity contribution in [1.82, 2.24) is 0 Å². The van der Waals surface area contributed by atoms with Gasteiger partial charge in [-0.3, -0.25) is 4.79 Å². The smallest absolute Gasteiger partial charge is 0.230 e. The minimum atomic E-state index is 0.0886. The Morgan fingerprint density at radius 1 is 0.963 bits per heavy atom. The summed E-state index contributed by atoms with van der Waals surface area (Å²) in [5, 5.41) is 2.98. The second-order valence-electron chi connectivity index (χ2n) is 7.17. The zero-order valence-corrected chi connectivity index (χ0v) is 16.2. The molecule has 27 heavy (non-hydrogen) atoms. The van der Waals surface area contributed by atoms with Crippen LogP contribution < -0.4 is 19.9 Å². The summed E-state index contributed by atoms with van der Waals surface area (Å²) in [6, 6.07) is 18.3. The van der Waals surface area contributed by atoms with Gasteiger partial charge < -0.3 is 19.9 Å². The van der Waals surface area contributed by atoms with E-state index in [1.165, 1.54) is 23.6 Å². The molecule has 1 saturated heterocycles. The number of rotatable bonds is 8. The highest BCUT2D eigenvalue weighted by atomic mass is 16.5. The van der Waals surface area contributed by atoms with Crippen LogP contribution in [0.3, 0.4) is 0 Å². The van der Waals surface area contributed by atoms with E-state index >= 15 is 0 Å². The van der Waals surface area contributed by atoms with Crippen molar-refractivity contribution in [1.29, 1.82) is 0 Å². The molecular weight excluding hydrogens is 338 g/mol. The largest absolute Gasteiger partial charge is 0.494 e. The van der Waals surface area contributed by atoms with Gasteiger partial charge in [-0.1, -0.05) is 30.3 Å². The van der Waals surface area contributed by atoms with Crippen molar-refractivity contribution in [3.8, 4) is 5.75 Å². The van der Waals surface area contributed by atoms with Gasteiger partial charge >= 0.3 is 0 Å². The Morgan fingerprint density at radius 3 is 2.30 bits per heavy atom. The maximum Gasteiger partial charge on any atom is 0.230 e. The molecule has 144 valence electrons. The molecule has 0 spiro atoms. The molecule has 0 aromatic heterocycles. The number of anilines is 1. The van der Waals surface area contributed by atoms with E-state index in [2.05, 4.69) is 35.6 Å². The molecule has 0 radical (unpaired) electrons. The van der Waals surface area contributed by atoms with Gasteiger partial charge in [0.1, 0.15) is 38.5 Å². The molecule has 1 amide bonds. The average Bonchev–Trinajstić information content (AvgIpc) is 2.70. The normalized spacial score (nSPS) is 19.4. The second-order valence-corrected chi connectivity index (χ2v) is 7.17. The van der Waals surface area contributed by atoms with Crippen LogP contribution in [0.4, 0.5) is 5.69 Å². The van der Waals surface area contributed by atoms with E-state index in [-0.39, 0.29) is 5.91 Å². The van der Waals surface area contributed by atoms with Crippen LogP contribution in [0.25, 0.3) is 0 Å². The summed E-state index contributed by atoms with van der Waals surface area (Å²) < 4.78 is 5.42. The first-order valence-electron chi connectivity index (χ1n) is 9.96. The first-order valence-corrected chi connectivity index (χ1v) is 9.96. The van der Waals surface area contributed by atoms with Crippen LogP contribution in [-0.4, -0.2) is 45.2 Å². The van der Waals surface area contributed by atoms with Gasteiger partial charge in [-0.2, -0.15) is 0 Å². The standard InChI is InChI=1S/C22H29N3O2/c1-2-27-21-10-8-20(9-11-21)23-22(26)12-13-24-14-16-25(17-15-24)18-19-6-4-3-5-7-19/h3-11H,2,12-18H2,1H3,(H,23,26)/p+2. The number of ether oxygens (including phenoxy) is 1. The van der Waals surface area contributed by atoms with E-state index in [1.54, 1.807) is 4.90 Å². The average molecular weight is 370 g/mol. The summed E-state index contributed by atoms with van der Waals surface area (Å²) in [6.07, 6.45) is 0.566. The lowest BCUT2D eigenvalue weighted by Gasteiger charge is -2.29. The van der Waals surface area contributed by atoms with Gasteiger partial charge in [-0.15, -0.1) is 0 Å². The predicted octanol–water partition coefficient (Wildman–Crippen LogP) is 0.398. The van der Waals surface area contributed by atoms with E-state index in [0.29, 0.717) is 13.0 Å². The van der Waals surface area contributed by atoms with Crippen molar-refractivity contribution in [2.45, 2.75) is 19.9 Å². The van der Waals surface area contributed by atoms with E-state index in [4.69, 9.17) is 4.74 Å². The number of carbonyl (C=O) groups excluding carboxylic acids is 1. The second kappa shape index (κ2) is 10.1. The molecule has 3 rings (SSSR count). The van der Waals surface area contributed by atoms with Gasteiger partial charge in [0, 0.05) is 11.3 Å². The maximum absolute atomic E-state index is 12.2. The highest BCUT2D eigenvalue weighted by Gasteiger charge is 2.23. The molecule has 1 heterocycles. The van der Waals surface area contributed by atoms with Crippen molar-refractivity contribution < 1.29 is 19.3 Å². The van der Waals surface area contributed by atoms with E-state index in [1.807, 2.05) is 31.2 Å². The SMILES string of the molecule is CCOc1ccc(NC(=O)CC[NH+]2CC[NH+](Cc3ccccc3)CC2)cc1. The lowest BCUT2D eigenvalue weighted by molar-refractivity contribution is -1.02. The predicted molar refractivity (Wildman–Crippen MR) is 107 cm³/mol. The Hall–Kier alpha value is -2.37. The monoisotopic (exact) mass is 369 g/mol. The van der Waals surface area contributed by atoms with Crippen LogP contribution in [0.5, 0.6) is 5.75 Å². The zero-order valence-electron chi connectivity index (χ0n) is 16.2. The lowest BCUT2D eigenvalue weighted by atomic mass is 10.2. The highest BCUT2D eigenvalue weighted by Crippen LogP contribution is 2.15. The number of hydrogen-bond acceptors (Lipinski definition) is 2. The maximum atomic E-state index is 12.2. The van der Waals surface area contributed by atoms with Gasteiger partial charge in [0.2, 0.25) is 5.91 Å². The van der Waals surface area contributed by atoms with Crippen LogP contribution in [0.2, 0.25) is 0 Å². The number of hydrogen-bond donors (Lipinski definition) is 3. The number of amides is 1. The van der Waals surface area contributed by atoms with Gasteiger partial charge in [-0.25, -0.2) is 0 Å². The molecule has 1 fully saturated rings. The van der Waals surface area contributed by atoms with Crippen LogP contribution in [0.1, 0.15) is 18.9 Å². The van der Waals surface area contributed by atoms with Crippen molar-refractivity contribution >= 4 is 11.6 Å². The number of piperazine rings is 1. The number of carbonyl (C=O) groups is 1. The quantitative estimate of drug-likeness (QED) is 0.631. The van der Waals surface area contributed by atoms with E-state index < -0.39 is 0 Å². The molecule has 0 saturated carbocycles. The molecule has 3 N–H and O–H groups in total. The zero-order chi connectivity index (χ0) is 18.9. The number of benzene rings is 2. The van der Waals surface area contributed by atoms with Gasteiger partial charge in [-0.05, 0) is 31.2 Å². The molecule has 2 aromatic rings. The van der Waals surface area contributed by atoms with E-state index in [9.17, 15) is 4.79 Å². The third-order valence-electron chi connectivity index (χ3n) is 5.12. The van der Waals surface area contributed by atoms with Gasteiger partial charge in [0.15, 0.2) is 0 Å². The molecular formula is C22H31N3O2+2. The summed E-state index contributed by atoms with van der Waals surface area (Å²) in [5.41, 5.74) is 2.24. The summed E-state index contributed by atoms with van der Waals surface area (Å²) in [5.74, 6) is 0.918. The number of nitrogens with one attached hydrogen (secondary N) is 3. The van der Waals surface area contributed by atoms with Crippen LogP contribution >= 0.6 is 0 Å². The fourth-order valence-electron chi connectivity index (χ4n) is 3.58. The minimum Gasteiger partial charge on any atom is -0.494 e. The molecule has 1 aliphatic rings. The van der Waals surface area contributed by atoms with Crippen molar-refractivity contribution in [3.63, 3.8) is 0 Å². The molecule has 1 aliphatic heterocycles. The first-order chi connectivity index (χ1) is 13.2. The van der Waals surface area contributed by atoms with E-state index in [0.717, 1.165) is 37.6 Å². The molecule has 5 heteroatoms. The highest BCUT2D eigenvalue weighted by molar-refractivity contribution is 5.90. The van der Waals surface area contributed by atoms with Crippen molar-refractivity contribution in [2.75, 3.05) is 44.6 Å². The Bertz CT molecular complexity index is 695. The van der Waals surface area contributed by atoms with Gasteiger partial charge in [0.05, 0.1) is 19.6 Å². The van der Waals surface area contributed by atoms with Crippen molar-refractivity contribution in [3.05, 3.63) is 60.2 Å². The third kappa shape index (κ3) is 6.38. The summed E-state index contributed by atoms with van der Waals surface area (Å²) >= 11 is 0. The molecule has 0 bridgehead atoms. The van der Waals surface area contributed by atoms with Crippen LogP contribution in [0, 0.1) is 0 Å². The molecule has 0 unspecified atom stereocenters. The molecule has 5 nitrogen and oxygen atoms in total. The summed E-state index contributed by atoms with van der Waals surface area (Å²) in [4.78, 5) is 15.4. The molecule has 2 aromatic carbocycles. The molecule has 0 aliphatic carbocycles. The fourth-order valence-corrected chi connectivity index (χ4v) is 3.58. The van der Waals surface area contributed by atoms with Gasteiger partial charge in [0.25, 0.3) is 0 Å².